The van der Waals surface area contributed by atoms with Crippen molar-refractivity contribution >= 4 is 21.8 Å². The maximum atomic E-state index is 13.6. The third kappa shape index (κ3) is 2.56. The van der Waals surface area contributed by atoms with Gasteiger partial charge in [-0.1, -0.05) is 12.1 Å². The lowest BCUT2D eigenvalue weighted by atomic mass is 10.1. The SMILES string of the molecule is CN(C1CCC(=O)NC1=O)S(=O)(=O)c1ccccc1F. The van der Waals surface area contributed by atoms with Gasteiger partial charge in [-0.25, -0.2) is 12.8 Å². The molecule has 1 aromatic carbocycles. The highest BCUT2D eigenvalue weighted by Crippen LogP contribution is 2.22. The molecule has 2 rings (SSSR count). The Balaban J connectivity index is 2.33. The molecule has 1 fully saturated rings. The number of carbonyl (C=O) groups is 2. The van der Waals surface area contributed by atoms with E-state index in [-0.39, 0.29) is 12.8 Å². The van der Waals surface area contributed by atoms with Crippen LogP contribution in [-0.2, 0) is 19.6 Å². The first-order chi connectivity index (χ1) is 9.34. The maximum absolute atomic E-state index is 13.6. The molecule has 0 aliphatic carbocycles. The van der Waals surface area contributed by atoms with Crippen LogP contribution >= 0.6 is 0 Å². The van der Waals surface area contributed by atoms with Gasteiger partial charge in [-0.3, -0.25) is 14.9 Å². The van der Waals surface area contributed by atoms with Crippen molar-refractivity contribution in [2.45, 2.75) is 23.8 Å². The Morgan fingerprint density at radius 2 is 1.95 bits per heavy atom. The molecule has 1 saturated heterocycles. The number of halogens is 1. The second-order valence-electron chi connectivity index (χ2n) is 4.42. The van der Waals surface area contributed by atoms with E-state index in [2.05, 4.69) is 5.32 Å². The summed E-state index contributed by atoms with van der Waals surface area (Å²) in [6.45, 7) is 0. The van der Waals surface area contributed by atoms with Gasteiger partial charge in [0, 0.05) is 13.5 Å². The molecule has 1 N–H and O–H groups in total. The summed E-state index contributed by atoms with van der Waals surface area (Å²) in [5.74, 6) is -2.02. The summed E-state index contributed by atoms with van der Waals surface area (Å²) in [6, 6.07) is 3.92. The quantitative estimate of drug-likeness (QED) is 0.811. The number of hydrogen-bond donors (Lipinski definition) is 1. The van der Waals surface area contributed by atoms with Crippen molar-refractivity contribution in [1.29, 1.82) is 0 Å². The smallest absolute Gasteiger partial charge is 0.246 e. The molecule has 1 aromatic rings. The minimum Gasteiger partial charge on any atom is -0.295 e. The first-order valence-corrected chi connectivity index (χ1v) is 7.34. The van der Waals surface area contributed by atoms with E-state index in [1.165, 1.54) is 19.2 Å². The van der Waals surface area contributed by atoms with E-state index < -0.39 is 38.6 Å². The van der Waals surface area contributed by atoms with Gasteiger partial charge in [0.05, 0.1) is 0 Å². The molecule has 0 saturated carbocycles. The van der Waals surface area contributed by atoms with Crippen LogP contribution in [0, 0.1) is 5.82 Å². The normalized spacial score (nSPS) is 20.1. The number of nitrogens with zero attached hydrogens (tertiary/aromatic N) is 1. The highest BCUT2D eigenvalue weighted by molar-refractivity contribution is 7.89. The number of likely N-dealkylation sites (N-methyl/N-ethyl adjacent to an activating group) is 1. The fraction of sp³-hybridized carbons (Fsp3) is 0.333. The number of hydrogen-bond acceptors (Lipinski definition) is 4. The zero-order valence-corrected chi connectivity index (χ0v) is 11.5. The van der Waals surface area contributed by atoms with Crippen LogP contribution in [0.2, 0.25) is 0 Å². The first kappa shape index (κ1) is 14.6. The molecule has 6 nitrogen and oxygen atoms in total. The van der Waals surface area contributed by atoms with Gasteiger partial charge in [0.1, 0.15) is 16.8 Å². The highest BCUT2D eigenvalue weighted by atomic mass is 32.2. The van der Waals surface area contributed by atoms with Crippen molar-refractivity contribution in [2.24, 2.45) is 0 Å². The van der Waals surface area contributed by atoms with Crippen LogP contribution in [0.4, 0.5) is 4.39 Å². The predicted octanol–water partition coefficient (Wildman–Crippen LogP) is 0.251. The van der Waals surface area contributed by atoms with Crippen LogP contribution in [0.15, 0.2) is 29.2 Å². The van der Waals surface area contributed by atoms with E-state index in [0.717, 1.165) is 16.4 Å². The Hall–Kier alpha value is -1.80. The van der Waals surface area contributed by atoms with Crippen LogP contribution in [0.25, 0.3) is 0 Å². The molecular weight excluding hydrogens is 287 g/mol. The monoisotopic (exact) mass is 300 g/mol. The van der Waals surface area contributed by atoms with Crippen molar-refractivity contribution in [3.63, 3.8) is 0 Å². The Bertz CT molecular complexity index is 659. The number of sulfonamides is 1. The average Bonchev–Trinajstić information content (AvgIpc) is 2.38. The number of piperidine rings is 1. The summed E-state index contributed by atoms with van der Waals surface area (Å²) in [5, 5.41) is 2.07. The molecule has 0 spiro atoms. The fourth-order valence-corrected chi connectivity index (χ4v) is 3.42. The molecule has 2 amide bonds. The predicted molar refractivity (Wildman–Crippen MR) is 67.5 cm³/mol. The third-order valence-corrected chi connectivity index (χ3v) is 5.04. The van der Waals surface area contributed by atoms with Gasteiger partial charge in [0.25, 0.3) is 0 Å². The third-order valence-electron chi connectivity index (χ3n) is 3.14. The molecule has 0 radical (unpaired) electrons. The zero-order chi connectivity index (χ0) is 14.9. The fourth-order valence-electron chi connectivity index (χ4n) is 2.01. The Morgan fingerprint density at radius 3 is 2.55 bits per heavy atom. The molecule has 20 heavy (non-hydrogen) atoms. The van der Waals surface area contributed by atoms with Crippen molar-refractivity contribution < 1.29 is 22.4 Å². The number of rotatable bonds is 3. The van der Waals surface area contributed by atoms with Crippen molar-refractivity contribution in [3.8, 4) is 0 Å². The minimum absolute atomic E-state index is 0.0491. The Labute approximate surface area is 115 Å². The second kappa shape index (κ2) is 5.29. The summed E-state index contributed by atoms with van der Waals surface area (Å²) in [7, 11) is -2.94. The molecule has 1 aliphatic rings. The number of benzene rings is 1. The topological polar surface area (TPSA) is 83.6 Å². The zero-order valence-electron chi connectivity index (χ0n) is 10.7. The van der Waals surface area contributed by atoms with Crippen molar-refractivity contribution in [2.75, 3.05) is 7.05 Å². The summed E-state index contributed by atoms with van der Waals surface area (Å²) in [5.41, 5.74) is 0. The van der Waals surface area contributed by atoms with Crippen LogP contribution in [0.5, 0.6) is 0 Å². The lowest BCUT2D eigenvalue weighted by molar-refractivity contribution is -0.135. The Kier molecular flexibility index (Phi) is 3.87. The molecule has 0 bridgehead atoms. The van der Waals surface area contributed by atoms with Gasteiger partial charge in [-0.05, 0) is 18.6 Å². The van der Waals surface area contributed by atoms with E-state index in [9.17, 15) is 22.4 Å². The maximum Gasteiger partial charge on any atom is 0.246 e. The number of amides is 2. The van der Waals surface area contributed by atoms with Gasteiger partial charge in [0.15, 0.2) is 0 Å². The van der Waals surface area contributed by atoms with Gasteiger partial charge in [-0.2, -0.15) is 4.31 Å². The van der Waals surface area contributed by atoms with Gasteiger partial charge < -0.3 is 0 Å². The number of carbonyl (C=O) groups excluding carboxylic acids is 2. The van der Waals surface area contributed by atoms with Crippen LogP contribution in [0.3, 0.4) is 0 Å². The van der Waals surface area contributed by atoms with Gasteiger partial charge in [0.2, 0.25) is 21.8 Å². The summed E-state index contributed by atoms with van der Waals surface area (Å²) in [6.07, 6.45) is 0.127. The highest BCUT2D eigenvalue weighted by Gasteiger charge is 2.37. The summed E-state index contributed by atoms with van der Waals surface area (Å²) < 4.78 is 39.0. The molecule has 1 heterocycles. The first-order valence-electron chi connectivity index (χ1n) is 5.90. The van der Waals surface area contributed by atoms with E-state index >= 15 is 0 Å². The molecule has 108 valence electrons. The summed E-state index contributed by atoms with van der Waals surface area (Å²) in [4.78, 5) is 22.2. The molecule has 8 heteroatoms. The van der Waals surface area contributed by atoms with Gasteiger partial charge in [-0.15, -0.1) is 0 Å². The van der Waals surface area contributed by atoms with Crippen LogP contribution in [0.1, 0.15) is 12.8 Å². The standard InChI is InChI=1S/C12H13FN2O4S/c1-15(9-6-7-11(16)14-12(9)17)20(18,19)10-5-3-2-4-8(10)13/h2-5,9H,6-7H2,1H3,(H,14,16,17). The van der Waals surface area contributed by atoms with E-state index in [0.29, 0.717) is 0 Å². The Morgan fingerprint density at radius 1 is 1.30 bits per heavy atom. The van der Waals surface area contributed by atoms with E-state index in [4.69, 9.17) is 0 Å². The van der Waals surface area contributed by atoms with Crippen molar-refractivity contribution in [3.05, 3.63) is 30.1 Å². The number of imide groups is 1. The second-order valence-corrected chi connectivity index (χ2v) is 6.38. The van der Waals surface area contributed by atoms with Crippen LogP contribution < -0.4 is 5.32 Å². The summed E-state index contributed by atoms with van der Waals surface area (Å²) >= 11 is 0. The lowest BCUT2D eigenvalue weighted by Gasteiger charge is -2.29. The van der Waals surface area contributed by atoms with Crippen molar-refractivity contribution in [1.82, 2.24) is 9.62 Å². The number of nitrogens with one attached hydrogen (secondary N) is 1. The molecule has 1 unspecified atom stereocenters. The largest absolute Gasteiger partial charge is 0.295 e. The van der Waals surface area contributed by atoms with Gasteiger partial charge >= 0.3 is 0 Å². The molecule has 1 aliphatic heterocycles. The molecule has 0 aromatic heterocycles. The van der Waals surface area contributed by atoms with E-state index in [1.54, 1.807) is 0 Å². The average molecular weight is 300 g/mol. The van der Waals surface area contributed by atoms with Crippen LogP contribution in [-0.4, -0.2) is 37.6 Å². The molecule has 1 atom stereocenters. The molecular formula is C12H13FN2O4S. The minimum atomic E-state index is -4.13. The lowest BCUT2D eigenvalue weighted by Crippen LogP contribution is -2.52. The van der Waals surface area contributed by atoms with E-state index in [1.807, 2.05) is 0 Å².